The van der Waals surface area contributed by atoms with Gasteiger partial charge in [-0.05, 0) is 23.8 Å². The van der Waals surface area contributed by atoms with Gasteiger partial charge in [0.25, 0.3) is 0 Å². The topological polar surface area (TPSA) is 78.6 Å². The molecular formula is C11H13NO4. The molecule has 0 aliphatic rings. The lowest BCUT2D eigenvalue weighted by Crippen LogP contribution is -2.11. The highest BCUT2D eigenvalue weighted by Crippen LogP contribution is 2.15. The summed E-state index contributed by atoms with van der Waals surface area (Å²) >= 11 is 0. The van der Waals surface area contributed by atoms with Crippen LogP contribution in [-0.4, -0.2) is 26.2 Å². The van der Waals surface area contributed by atoms with Crippen LogP contribution in [0.2, 0.25) is 0 Å². The first-order valence-corrected chi connectivity index (χ1v) is 4.62. The summed E-state index contributed by atoms with van der Waals surface area (Å²) in [5.41, 5.74) is 6.88. The number of carbonyl (C=O) groups is 2. The minimum atomic E-state index is -0.501. The van der Waals surface area contributed by atoms with Crippen LogP contribution >= 0.6 is 0 Å². The summed E-state index contributed by atoms with van der Waals surface area (Å²) in [6.07, 6.45) is -0.00796. The van der Waals surface area contributed by atoms with Crippen molar-refractivity contribution in [3.63, 3.8) is 0 Å². The number of hydrogen-bond donors (Lipinski definition) is 1. The molecule has 0 saturated carbocycles. The molecule has 0 bridgehead atoms. The van der Waals surface area contributed by atoms with Crippen LogP contribution < -0.4 is 5.73 Å². The standard InChI is InChI=1S/C11H13NO4/c1-15-10(13)6-7-5-8(12)3-4-9(7)11(14)16-2/h3-5H,6,12H2,1-2H3. The van der Waals surface area contributed by atoms with Gasteiger partial charge in [-0.15, -0.1) is 0 Å². The molecule has 1 aromatic rings. The maximum absolute atomic E-state index is 11.4. The summed E-state index contributed by atoms with van der Waals surface area (Å²) in [4.78, 5) is 22.5. The molecule has 0 aliphatic carbocycles. The minimum absolute atomic E-state index is 0.00796. The Morgan fingerprint density at radius 1 is 1.25 bits per heavy atom. The van der Waals surface area contributed by atoms with E-state index in [4.69, 9.17) is 5.73 Å². The Bertz CT molecular complexity index is 414. The molecule has 0 atom stereocenters. The van der Waals surface area contributed by atoms with E-state index in [1.54, 1.807) is 12.1 Å². The van der Waals surface area contributed by atoms with Crippen molar-refractivity contribution in [3.05, 3.63) is 29.3 Å². The molecule has 0 saturated heterocycles. The molecule has 2 N–H and O–H groups in total. The van der Waals surface area contributed by atoms with Gasteiger partial charge in [-0.25, -0.2) is 4.79 Å². The Morgan fingerprint density at radius 3 is 2.50 bits per heavy atom. The SMILES string of the molecule is COC(=O)Cc1cc(N)ccc1C(=O)OC. The first-order valence-electron chi connectivity index (χ1n) is 4.62. The van der Waals surface area contributed by atoms with Crippen LogP contribution in [0.4, 0.5) is 5.69 Å². The van der Waals surface area contributed by atoms with Gasteiger partial charge in [0.1, 0.15) is 0 Å². The molecule has 1 rings (SSSR count). The number of ether oxygens (including phenoxy) is 2. The number of esters is 2. The van der Waals surface area contributed by atoms with E-state index >= 15 is 0 Å². The van der Waals surface area contributed by atoms with Crippen molar-refractivity contribution in [2.45, 2.75) is 6.42 Å². The second-order valence-electron chi connectivity index (χ2n) is 3.16. The van der Waals surface area contributed by atoms with E-state index in [0.717, 1.165) is 0 Å². The highest BCUT2D eigenvalue weighted by Gasteiger charge is 2.14. The Labute approximate surface area is 93.1 Å². The van der Waals surface area contributed by atoms with Gasteiger partial charge >= 0.3 is 11.9 Å². The van der Waals surface area contributed by atoms with Crippen molar-refractivity contribution in [3.8, 4) is 0 Å². The monoisotopic (exact) mass is 223 g/mol. The van der Waals surface area contributed by atoms with Crippen LogP contribution in [0, 0.1) is 0 Å². The zero-order chi connectivity index (χ0) is 12.1. The maximum Gasteiger partial charge on any atom is 0.338 e. The van der Waals surface area contributed by atoms with E-state index in [0.29, 0.717) is 16.8 Å². The number of nitrogens with two attached hydrogens (primary N) is 1. The van der Waals surface area contributed by atoms with E-state index < -0.39 is 11.9 Å². The summed E-state index contributed by atoms with van der Waals surface area (Å²) in [5, 5.41) is 0. The number of nitrogen functional groups attached to an aromatic ring is 1. The molecule has 0 aliphatic heterocycles. The largest absolute Gasteiger partial charge is 0.469 e. The Hall–Kier alpha value is -2.04. The molecular weight excluding hydrogens is 210 g/mol. The van der Waals surface area contributed by atoms with Crippen LogP contribution in [0.5, 0.6) is 0 Å². The second-order valence-corrected chi connectivity index (χ2v) is 3.16. The fourth-order valence-electron chi connectivity index (χ4n) is 1.30. The molecule has 0 aromatic heterocycles. The molecule has 16 heavy (non-hydrogen) atoms. The van der Waals surface area contributed by atoms with Gasteiger partial charge < -0.3 is 15.2 Å². The number of rotatable bonds is 3. The molecule has 0 spiro atoms. The molecule has 86 valence electrons. The van der Waals surface area contributed by atoms with Crippen LogP contribution in [0.25, 0.3) is 0 Å². The number of anilines is 1. The third-order valence-electron chi connectivity index (χ3n) is 2.10. The van der Waals surface area contributed by atoms with Crippen molar-refractivity contribution < 1.29 is 19.1 Å². The number of carbonyl (C=O) groups excluding carboxylic acids is 2. The van der Waals surface area contributed by atoms with Crippen molar-refractivity contribution >= 4 is 17.6 Å². The van der Waals surface area contributed by atoms with Gasteiger partial charge in [0.2, 0.25) is 0 Å². The first-order chi connectivity index (χ1) is 7.58. The predicted octanol–water partition coefficient (Wildman–Crippen LogP) is 0.771. The summed E-state index contributed by atoms with van der Waals surface area (Å²) < 4.78 is 9.13. The van der Waals surface area contributed by atoms with Gasteiger partial charge in [-0.2, -0.15) is 0 Å². The zero-order valence-electron chi connectivity index (χ0n) is 9.15. The lowest BCUT2D eigenvalue weighted by molar-refractivity contribution is -0.139. The summed E-state index contributed by atoms with van der Waals surface area (Å²) in [7, 11) is 2.56. The summed E-state index contributed by atoms with van der Waals surface area (Å²) in [5.74, 6) is -0.936. The number of methoxy groups -OCH3 is 2. The average molecular weight is 223 g/mol. The highest BCUT2D eigenvalue weighted by molar-refractivity contribution is 5.93. The Balaban J connectivity index is 3.08. The highest BCUT2D eigenvalue weighted by atomic mass is 16.5. The van der Waals surface area contributed by atoms with Crippen molar-refractivity contribution in [1.29, 1.82) is 0 Å². The minimum Gasteiger partial charge on any atom is -0.469 e. The molecule has 0 radical (unpaired) electrons. The third kappa shape index (κ3) is 2.73. The van der Waals surface area contributed by atoms with Gasteiger partial charge in [-0.1, -0.05) is 0 Å². The lowest BCUT2D eigenvalue weighted by Gasteiger charge is -2.07. The normalized spacial score (nSPS) is 9.62. The van der Waals surface area contributed by atoms with Crippen LogP contribution in [0.3, 0.4) is 0 Å². The van der Waals surface area contributed by atoms with E-state index in [9.17, 15) is 9.59 Å². The first kappa shape index (κ1) is 12.0. The fraction of sp³-hybridized carbons (Fsp3) is 0.273. The van der Waals surface area contributed by atoms with E-state index in [1.807, 2.05) is 0 Å². The van der Waals surface area contributed by atoms with Crippen LogP contribution in [-0.2, 0) is 20.7 Å². The van der Waals surface area contributed by atoms with Gasteiger partial charge in [0, 0.05) is 5.69 Å². The third-order valence-corrected chi connectivity index (χ3v) is 2.10. The maximum atomic E-state index is 11.4. The molecule has 5 nitrogen and oxygen atoms in total. The van der Waals surface area contributed by atoms with E-state index in [1.165, 1.54) is 20.3 Å². The summed E-state index contributed by atoms with van der Waals surface area (Å²) in [6.45, 7) is 0. The fourth-order valence-corrected chi connectivity index (χ4v) is 1.30. The Kier molecular flexibility index (Phi) is 3.88. The quantitative estimate of drug-likeness (QED) is 0.604. The molecule has 1 aromatic carbocycles. The van der Waals surface area contributed by atoms with Gasteiger partial charge in [-0.3, -0.25) is 4.79 Å². The Morgan fingerprint density at radius 2 is 1.94 bits per heavy atom. The van der Waals surface area contributed by atoms with Crippen LogP contribution in [0.1, 0.15) is 15.9 Å². The van der Waals surface area contributed by atoms with Crippen molar-refractivity contribution in [1.82, 2.24) is 0 Å². The molecule has 5 heteroatoms. The molecule has 0 amide bonds. The number of benzene rings is 1. The molecule has 0 unspecified atom stereocenters. The van der Waals surface area contributed by atoms with Gasteiger partial charge in [0.15, 0.2) is 0 Å². The van der Waals surface area contributed by atoms with Gasteiger partial charge in [0.05, 0.1) is 26.2 Å². The predicted molar refractivity (Wildman–Crippen MR) is 57.9 cm³/mol. The second kappa shape index (κ2) is 5.16. The van der Waals surface area contributed by atoms with Crippen molar-refractivity contribution in [2.75, 3.05) is 20.0 Å². The van der Waals surface area contributed by atoms with Crippen molar-refractivity contribution in [2.24, 2.45) is 0 Å². The van der Waals surface area contributed by atoms with Crippen LogP contribution in [0.15, 0.2) is 18.2 Å². The smallest absolute Gasteiger partial charge is 0.338 e. The molecule has 0 heterocycles. The zero-order valence-corrected chi connectivity index (χ0v) is 9.15. The molecule has 0 fully saturated rings. The number of hydrogen-bond acceptors (Lipinski definition) is 5. The average Bonchev–Trinajstić information content (AvgIpc) is 2.28. The van der Waals surface area contributed by atoms with E-state index in [-0.39, 0.29) is 6.42 Å². The summed E-state index contributed by atoms with van der Waals surface area (Å²) in [6, 6.07) is 4.66. The van der Waals surface area contributed by atoms with E-state index in [2.05, 4.69) is 9.47 Å². The lowest BCUT2D eigenvalue weighted by atomic mass is 10.0.